The smallest absolute Gasteiger partial charge is 0.119 e. The second kappa shape index (κ2) is 14.9. The van der Waals surface area contributed by atoms with Crippen molar-refractivity contribution in [1.29, 1.82) is 0 Å². The van der Waals surface area contributed by atoms with Crippen LogP contribution in [0.1, 0.15) is 28.7 Å². The molecule has 0 fully saturated rings. The first kappa shape index (κ1) is 27.3. The predicted molar refractivity (Wildman–Crippen MR) is 156 cm³/mol. The Hall–Kier alpha value is -3.70. The van der Waals surface area contributed by atoms with Crippen LogP contribution in [0.25, 0.3) is 11.1 Å². The van der Waals surface area contributed by atoms with E-state index < -0.39 is 0 Å². The summed E-state index contributed by atoms with van der Waals surface area (Å²) < 4.78 is 11.8. The predicted octanol–water partition coefficient (Wildman–Crippen LogP) is 6.56. The van der Waals surface area contributed by atoms with Gasteiger partial charge in [-0.3, -0.25) is 0 Å². The molecule has 0 radical (unpaired) electrons. The minimum absolute atomic E-state index is 0.0899. The minimum Gasteiger partial charge on any atom is -0.492 e. The third kappa shape index (κ3) is 8.15. The first-order valence-electron chi connectivity index (χ1n) is 13.2. The van der Waals surface area contributed by atoms with Crippen molar-refractivity contribution in [2.75, 3.05) is 40.0 Å². The van der Waals surface area contributed by atoms with E-state index in [0.717, 1.165) is 46.7 Å². The van der Waals surface area contributed by atoms with Gasteiger partial charge in [0.1, 0.15) is 12.4 Å². The first-order chi connectivity index (χ1) is 18.7. The van der Waals surface area contributed by atoms with Gasteiger partial charge in [-0.1, -0.05) is 103 Å². The zero-order valence-corrected chi connectivity index (χ0v) is 22.1. The van der Waals surface area contributed by atoms with Crippen LogP contribution in [0.4, 0.5) is 0 Å². The zero-order chi connectivity index (χ0) is 26.4. The van der Waals surface area contributed by atoms with Crippen molar-refractivity contribution in [1.82, 2.24) is 4.90 Å². The molecular formula is C34H37NO3. The number of aliphatic hydroxyl groups excluding tert-OH is 1. The summed E-state index contributed by atoms with van der Waals surface area (Å²) in [5.74, 6) is 0.846. The lowest BCUT2D eigenvalue weighted by atomic mass is 9.88. The summed E-state index contributed by atoms with van der Waals surface area (Å²) in [5.41, 5.74) is 6.81. The highest BCUT2D eigenvalue weighted by Crippen LogP contribution is 2.34. The molecule has 4 nitrogen and oxygen atoms in total. The maximum absolute atomic E-state index is 9.88. The van der Waals surface area contributed by atoms with Gasteiger partial charge in [-0.2, -0.15) is 0 Å². The van der Waals surface area contributed by atoms with E-state index in [9.17, 15) is 5.11 Å². The standard InChI is InChI=1S/C34H37NO3/c1-35(22-25-37-27-28-11-5-2-6-12-28)23-26-38-32-19-17-31(18-20-32)34(30-15-9-4-10-16-30)33(21-24-36)29-13-7-3-8-14-29/h2-20,36H,21-27H2,1H3/b34-33-. The van der Waals surface area contributed by atoms with Crippen LogP contribution >= 0.6 is 0 Å². The minimum atomic E-state index is 0.0899. The van der Waals surface area contributed by atoms with Gasteiger partial charge >= 0.3 is 0 Å². The topological polar surface area (TPSA) is 41.9 Å². The fourth-order valence-corrected chi connectivity index (χ4v) is 4.42. The monoisotopic (exact) mass is 507 g/mol. The Labute approximate surface area is 226 Å². The molecule has 0 aromatic heterocycles. The molecule has 4 rings (SSSR count). The molecule has 1 N–H and O–H groups in total. The van der Waals surface area contributed by atoms with Crippen LogP contribution in [-0.2, 0) is 11.3 Å². The van der Waals surface area contributed by atoms with Crippen molar-refractivity contribution >= 4 is 11.1 Å². The molecule has 0 saturated carbocycles. The first-order valence-corrected chi connectivity index (χ1v) is 13.2. The average Bonchev–Trinajstić information content (AvgIpc) is 2.97. The maximum atomic E-state index is 9.88. The number of hydrogen-bond acceptors (Lipinski definition) is 4. The summed E-state index contributed by atoms with van der Waals surface area (Å²) in [5, 5.41) is 9.88. The number of likely N-dealkylation sites (N-methyl/N-ethyl adjacent to an activating group) is 1. The lowest BCUT2D eigenvalue weighted by molar-refractivity contribution is 0.0956. The summed E-state index contributed by atoms with van der Waals surface area (Å²) in [6.07, 6.45) is 0.577. The summed E-state index contributed by atoms with van der Waals surface area (Å²) >= 11 is 0. The summed E-state index contributed by atoms with van der Waals surface area (Å²) in [6.45, 7) is 3.70. The van der Waals surface area contributed by atoms with Crippen LogP contribution in [0.5, 0.6) is 5.75 Å². The molecule has 0 amide bonds. The molecule has 4 aromatic rings. The van der Waals surface area contributed by atoms with E-state index >= 15 is 0 Å². The Bertz CT molecular complexity index is 1240. The van der Waals surface area contributed by atoms with Crippen LogP contribution in [-0.4, -0.2) is 50.0 Å². The molecule has 38 heavy (non-hydrogen) atoms. The van der Waals surface area contributed by atoms with Crippen molar-refractivity contribution < 1.29 is 14.6 Å². The third-order valence-corrected chi connectivity index (χ3v) is 6.46. The molecule has 0 aliphatic carbocycles. The molecule has 4 heteroatoms. The molecule has 4 aromatic carbocycles. The molecule has 0 bridgehead atoms. The number of benzene rings is 4. The SMILES string of the molecule is CN(CCOCc1ccccc1)CCOc1ccc(/C(=C(/CCO)c2ccccc2)c2ccccc2)cc1. The van der Waals surface area contributed by atoms with Gasteiger partial charge in [0.15, 0.2) is 0 Å². The Kier molecular flexibility index (Phi) is 10.7. The van der Waals surface area contributed by atoms with E-state index in [4.69, 9.17) is 9.47 Å². The van der Waals surface area contributed by atoms with Gasteiger partial charge in [0.2, 0.25) is 0 Å². The second-order valence-electron chi connectivity index (χ2n) is 9.27. The maximum Gasteiger partial charge on any atom is 0.119 e. The number of hydrogen-bond donors (Lipinski definition) is 1. The lowest BCUT2D eigenvalue weighted by Gasteiger charge is -2.18. The number of nitrogens with zero attached hydrogens (tertiary/aromatic N) is 1. The van der Waals surface area contributed by atoms with E-state index in [1.54, 1.807) is 0 Å². The van der Waals surface area contributed by atoms with Gasteiger partial charge in [-0.15, -0.1) is 0 Å². The highest BCUT2D eigenvalue weighted by molar-refractivity contribution is 5.98. The molecule has 0 spiro atoms. The summed E-state index contributed by atoms with van der Waals surface area (Å²) in [7, 11) is 2.08. The number of ether oxygens (including phenoxy) is 2. The fourth-order valence-electron chi connectivity index (χ4n) is 4.42. The Balaban J connectivity index is 1.37. The molecule has 0 heterocycles. The number of aliphatic hydroxyl groups is 1. The van der Waals surface area contributed by atoms with E-state index in [2.05, 4.69) is 72.6 Å². The van der Waals surface area contributed by atoms with Crippen molar-refractivity contribution in [2.24, 2.45) is 0 Å². The summed E-state index contributed by atoms with van der Waals surface area (Å²) in [4.78, 5) is 2.22. The van der Waals surface area contributed by atoms with E-state index in [1.165, 1.54) is 5.56 Å². The van der Waals surface area contributed by atoms with Crippen molar-refractivity contribution in [2.45, 2.75) is 13.0 Å². The zero-order valence-electron chi connectivity index (χ0n) is 22.1. The van der Waals surface area contributed by atoms with Gasteiger partial charge in [0.25, 0.3) is 0 Å². The van der Waals surface area contributed by atoms with E-state index in [1.807, 2.05) is 54.6 Å². The average molecular weight is 508 g/mol. The molecule has 0 unspecified atom stereocenters. The normalized spacial score (nSPS) is 11.9. The van der Waals surface area contributed by atoms with Gasteiger partial charge < -0.3 is 19.5 Å². The van der Waals surface area contributed by atoms with Crippen LogP contribution in [0, 0.1) is 0 Å². The van der Waals surface area contributed by atoms with Gasteiger partial charge in [-0.25, -0.2) is 0 Å². The molecule has 0 saturated heterocycles. The lowest BCUT2D eigenvalue weighted by Crippen LogP contribution is -2.27. The van der Waals surface area contributed by atoms with Gasteiger partial charge in [0, 0.05) is 19.7 Å². The van der Waals surface area contributed by atoms with Crippen LogP contribution in [0.3, 0.4) is 0 Å². The highest BCUT2D eigenvalue weighted by atomic mass is 16.5. The molecule has 0 atom stereocenters. The summed E-state index contributed by atoms with van der Waals surface area (Å²) in [6, 6.07) is 39.2. The third-order valence-electron chi connectivity index (χ3n) is 6.46. The quantitative estimate of drug-likeness (QED) is 0.155. The Morgan fingerprint density at radius 1 is 0.658 bits per heavy atom. The van der Waals surface area contributed by atoms with Crippen LogP contribution < -0.4 is 4.74 Å². The largest absolute Gasteiger partial charge is 0.492 e. The Morgan fingerprint density at radius 3 is 1.84 bits per heavy atom. The van der Waals surface area contributed by atoms with E-state index in [-0.39, 0.29) is 6.61 Å². The van der Waals surface area contributed by atoms with Crippen LogP contribution in [0.2, 0.25) is 0 Å². The van der Waals surface area contributed by atoms with E-state index in [0.29, 0.717) is 26.2 Å². The van der Waals surface area contributed by atoms with Crippen molar-refractivity contribution in [3.05, 3.63) is 138 Å². The fraction of sp³-hybridized carbons (Fsp3) is 0.235. The molecule has 0 aliphatic rings. The molecule has 0 aliphatic heterocycles. The molecule has 196 valence electrons. The number of rotatable bonds is 14. The Morgan fingerprint density at radius 2 is 1.21 bits per heavy atom. The van der Waals surface area contributed by atoms with Crippen molar-refractivity contribution in [3.8, 4) is 5.75 Å². The highest BCUT2D eigenvalue weighted by Gasteiger charge is 2.14. The second-order valence-corrected chi connectivity index (χ2v) is 9.27. The molecular weight excluding hydrogens is 470 g/mol. The van der Waals surface area contributed by atoms with Gasteiger partial charge in [-0.05, 0) is 59.0 Å². The van der Waals surface area contributed by atoms with Crippen molar-refractivity contribution in [3.63, 3.8) is 0 Å². The van der Waals surface area contributed by atoms with Crippen LogP contribution in [0.15, 0.2) is 115 Å². The van der Waals surface area contributed by atoms with Gasteiger partial charge in [0.05, 0.1) is 13.2 Å².